The SMILES string of the molecule is Cc1ccc(Cl)cc1NC(=O)c1oc2c(c1C)/C(=N/NC(=O)c1ccc(-c3ccccc3)cc1)CCC2. The minimum absolute atomic E-state index is 0.238. The summed E-state index contributed by atoms with van der Waals surface area (Å²) in [4.78, 5) is 25.8. The highest BCUT2D eigenvalue weighted by atomic mass is 35.5. The van der Waals surface area contributed by atoms with Crippen LogP contribution in [0.2, 0.25) is 5.02 Å². The Kier molecular flexibility index (Phi) is 6.93. The molecule has 0 saturated carbocycles. The summed E-state index contributed by atoms with van der Waals surface area (Å²) >= 11 is 6.09. The zero-order valence-corrected chi connectivity index (χ0v) is 21.4. The average molecular weight is 512 g/mol. The van der Waals surface area contributed by atoms with Crippen LogP contribution in [0.3, 0.4) is 0 Å². The van der Waals surface area contributed by atoms with E-state index in [0.29, 0.717) is 46.2 Å². The van der Waals surface area contributed by atoms with Crippen molar-refractivity contribution in [3.63, 3.8) is 0 Å². The highest BCUT2D eigenvalue weighted by Crippen LogP contribution is 2.31. The molecule has 1 aromatic heterocycles. The number of fused-ring (bicyclic) bond motifs is 1. The summed E-state index contributed by atoms with van der Waals surface area (Å²) in [6.45, 7) is 3.74. The van der Waals surface area contributed by atoms with Crippen molar-refractivity contribution in [2.45, 2.75) is 33.1 Å². The van der Waals surface area contributed by atoms with Gasteiger partial charge in [-0.05, 0) is 67.6 Å². The average Bonchev–Trinajstić information content (AvgIpc) is 3.27. The molecule has 0 saturated heterocycles. The Labute approximate surface area is 220 Å². The van der Waals surface area contributed by atoms with E-state index in [-0.39, 0.29) is 17.6 Å². The maximum Gasteiger partial charge on any atom is 0.291 e. The Balaban J connectivity index is 1.33. The standard InChI is InChI=1S/C30H26ClN3O3/c1-18-11-16-23(31)17-25(18)32-30(36)28-19(2)27-24(9-6-10-26(27)37-28)33-34-29(35)22-14-12-21(13-15-22)20-7-4-3-5-8-20/h3-5,7-8,11-17H,6,9-10H2,1-2H3,(H,32,36)(H,34,35)/b33-24+. The van der Waals surface area contributed by atoms with E-state index in [1.807, 2.05) is 62.4 Å². The second kappa shape index (κ2) is 10.4. The number of furan rings is 1. The zero-order valence-electron chi connectivity index (χ0n) is 20.6. The van der Waals surface area contributed by atoms with E-state index in [9.17, 15) is 9.59 Å². The topological polar surface area (TPSA) is 83.7 Å². The molecule has 5 rings (SSSR count). The highest BCUT2D eigenvalue weighted by Gasteiger charge is 2.28. The van der Waals surface area contributed by atoms with E-state index in [0.717, 1.165) is 28.7 Å². The molecular weight excluding hydrogens is 486 g/mol. The van der Waals surface area contributed by atoms with Gasteiger partial charge in [0.15, 0.2) is 5.76 Å². The maximum absolute atomic E-state index is 13.0. The Morgan fingerprint density at radius 2 is 1.62 bits per heavy atom. The fraction of sp³-hybridized carbons (Fsp3) is 0.167. The summed E-state index contributed by atoms with van der Waals surface area (Å²) in [5, 5.41) is 7.86. The fourth-order valence-electron chi connectivity index (χ4n) is 4.53. The van der Waals surface area contributed by atoms with Crippen LogP contribution in [0.15, 0.2) is 82.3 Å². The number of carbonyl (C=O) groups is 2. The Bertz CT molecular complexity index is 1510. The van der Waals surface area contributed by atoms with Crippen molar-refractivity contribution in [2.24, 2.45) is 5.10 Å². The van der Waals surface area contributed by atoms with Crippen LogP contribution in [0.1, 0.15) is 56.2 Å². The fourth-order valence-corrected chi connectivity index (χ4v) is 4.70. The predicted octanol–water partition coefficient (Wildman–Crippen LogP) is 6.94. The van der Waals surface area contributed by atoms with Crippen molar-refractivity contribution < 1.29 is 14.0 Å². The minimum atomic E-state index is -0.348. The molecule has 186 valence electrons. The summed E-state index contributed by atoms with van der Waals surface area (Å²) < 4.78 is 5.98. The van der Waals surface area contributed by atoms with Gasteiger partial charge in [-0.25, -0.2) is 5.43 Å². The first-order valence-electron chi connectivity index (χ1n) is 12.1. The molecule has 7 heteroatoms. The van der Waals surface area contributed by atoms with Gasteiger partial charge in [0, 0.05) is 33.8 Å². The molecule has 0 radical (unpaired) electrons. The first-order chi connectivity index (χ1) is 17.9. The van der Waals surface area contributed by atoms with Gasteiger partial charge in [0.25, 0.3) is 11.8 Å². The van der Waals surface area contributed by atoms with Crippen LogP contribution < -0.4 is 10.7 Å². The second-order valence-corrected chi connectivity index (χ2v) is 9.50. The normalized spacial score (nSPS) is 13.8. The third-order valence-electron chi connectivity index (χ3n) is 6.53. The van der Waals surface area contributed by atoms with Gasteiger partial charge in [0.05, 0.1) is 5.71 Å². The summed E-state index contributed by atoms with van der Waals surface area (Å²) in [6, 6.07) is 22.7. The molecule has 37 heavy (non-hydrogen) atoms. The lowest BCUT2D eigenvalue weighted by atomic mass is 9.93. The maximum atomic E-state index is 13.0. The van der Waals surface area contributed by atoms with E-state index in [1.54, 1.807) is 24.3 Å². The number of nitrogens with one attached hydrogen (secondary N) is 2. The summed E-state index contributed by atoms with van der Waals surface area (Å²) in [5.41, 5.74) is 9.04. The summed E-state index contributed by atoms with van der Waals surface area (Å²) in [5.74, 6) is 0.299. The number of amides is 2. The molecule has 1 aliphatic carbocycles. The number of carbonyl (C=O) groups excluding carboxylic acids is 2. The van der Waals surface area contributed by atoms with Crippen molar-refractivity contribution in [2.75, 3.05) is 5.32 Å². The number of nitrogens with zero attached hydrogens (tertiary/aromatic N) is 1. The zero-order chi connectivity index (χ0) is 25.9. The van der Waals surface area contributed by atoms with Crippen LogP contribution in [0, 0.1) is 13.8 Å². The van der Waals surface area contributed by atoms with Crippen LogP contribution in [-0.4, -0.2) is 17.5 Å². The molecule has 4 aromatic rings. The Morgan fingerprint density at radius 1 is 0.892 bits per heavy atom. The quantitative estimate of drug-likeness (QED) is 0.285. The molecule has 0 aliphatic heterocycles. The van der Waals surface area contributed by atoms with E-state index in [2.05, 4.69) is 15.8 Å². The smallest absolute Gasteiger partial charge is 0.291 e. The van der Waals surface area contributed by atoms with Crippen LogP contribution in [0.25, 0.3) is 11.1 Å². The lowest BCUT2D eigenvalue weighted by Gasteiger charge is -2.13. The van der Waals surface area contributed by atoms with Crippen molar-refractivity contribution in [3.05, 3.63) is 112 Å². The third-order valence-corrected chi connectivity index (χ3v) is 6.76. The third kappa shape index (κ3) is 5.20. The van der Waals surface area contributed by atoms with Crippen LogP contribution >= 0.6 is 11.6 Å². The van der Waals surface area contributed by atoms with Crippen LogP contribution in [0.5, 0.6) is 0 Å². The van der Waals surface area contributed by atoms with Gasteiger partial charge in [-0.3, -0.25) is 9.59 Å². The van der Waals surface area contributed by atoms with Gasteiger partial charge in [-0.2, -0.15) is 5.10 Å². The highest BCUT2D eigenvalue weighted by molar-refractivity contribution is 6.31. The van der Waals surface area contributed by atoms with Gasteiger partial charge >= 0.3 is 0 Å². The van der Waals surface area contributed by atoms with Crippen molar-refractivity contribution >= 4 is 34.8 Å². The monoisotopic (exact) mass is 511 g/mol. The van der Waals surface area contributed by atoms with Crippen molar-refractivity contribution in [1.29, 1.82) is 0 Å². The Hall–Kier alpha value is -4.16. The molecule has 1 heterocycles. The van der Waals surface area contributed by atoms with Crippen LogP contribution in [-0.2, 0) is 6.42 Å². The lowest BCUT2D eigenvalue weighted by Crippen LogP contribution is -2.22. The van der Waals surface area contributed by atoms with E-state index >= 15 is 0 Å². The number of hydrogen-bond acceptors (Lipinski definition) is 4. The molecule has 0 unspecified atom stereocenters. The van der Waals surface area contributed by atoms with E-state index in [1.165, 1.54) is 0 Å². The number of benzene rings is 3. The number of halogens is 1. The number of aryl methyl sites for hydroxylation is 2. The van der Waals surface area contributed by atoms with Gasteiger partial charge in [0.1, 0.15) is 5.76 Å². The molecule has 0 spiro atoms. The lowest BCUT2D eigenvalue weighted by molar-refractivity contribution is 0.0953. The molecule has 1 aliphatic rings. The molecule has 0 bridgehead atoms. The van der Waals surface area contributed by atoms with E-state index < -0.39 is 0 Å². The molecule has 0 fully saturated rings. The molecule has 2 N–H and O–H groups in total. The molecule has 0 atom stereocenters. The van der Waals surface area contributed by atoms with E-state index in [4.69, 9.17) is 16.0 Å². The number of hydrazone groups is 1. The van der Waals surface area contributed by atoms with Gasteiger partial charge < -0.3 is 9.73 Å². The Morgan fingerprint density at radius 3 is 2.38 bits per heavy atom. The van der Waals surface area contributed by atoms with Crippen molar-refractivity contribution in [3.8, 4) is 11.1 Å². The van der Waals surface area contributed by atoms with Crippen LogP contribution in [0.4, 0.5) is 5.69 Å². The predicted molar refractivity (Wildman–Crippen MR) is 146 cm³/mol. The summed E-state index contributed by atoms with van der Waals surface area (Å²) in [7, 11) is 0. The second-order valence-electron chi connectivity index (χ2n) is 9.06. The van der Waals surface area contributed by atoms with Gasteiger partial charge in [-0.15, -0.1) is 0 Å². The largest absolute Gasteiger partial charge is 0.455 e. The first kappa shape index (κ1) is 24.5. The molecular formula is C30H26ClN3O3. The number of anilines is 1. The van der Waals surface area contributed by atoms with Crippen molar-refractivity contribution in [1.82, 2.24) is 5.43 Å². The minimum Gasteiger partial charge on any atom is -0.455 e. The molecule has 6 nitrogen and oxygen atoms in total. The molecule has 3 aromatic carbocycles. The first-order valence-corrected chi connectivity index (χ1v) is 12.5. The molecule has 2 amide bonds. The number of rotatable bonds is 5. The van der Waals surface area contributed by atoms with Gasteiger partial charge in [0.2, 0.25) is 0 Å². The van der Waals surface area contributed by atoms with Gasteiger partial charge in [-0.1, -0.05) is 60.1 Å². The summed E-state index contributed by atoms with van der Waals surface area (Å²) in [6.07, 6.45) is 2.19. The number of hydrogen-bond donors (Lipinski definition) is 2.